The molecule has 0 amide bonds. The Morgan fingerprint density at radius 3 is 1.68 bits per heavy atom. The van der Waals surface area contributed by atoms with Gasteiger partial charge >= 0.3 is 0 Å². The van der Waals surface area contributed by atoms with Crippen LogP contribution in [0.25, 0.3) is 22.3 Å². The largest absolute Gasteiger partial charge is 0.335 e. The predicted molar refractivity (Wildman–Crippen MR) is 334 cm³/mol. The average Bonchev–Trinajstić information content (AvgIpc) is 2.30. The average molecular weight is 1020 g/mol. The topological polar surface area (TPSA) is 9.72 Å². The van der Waals surface area contributed by atoms with Gasteiger partial charge in [-0.1, -0.05) is 207 Å². The number of anilines is 8. The van der Waals surface area contributed by atoms with Crippen molar-refractivity contribution in [2.24, 2.45) is 0 Å². The zero-order valence-electron chi connectivity index (χ0n) is 49.2. The summed E-state index contributed by atoms with van der Waals surface area (Å²) in [4.78, 5) is 8.26. The third kappa shape index (κ3) is 6.64. The second kappa shape index (κ2) is 16.0. The second-order valence-corrected chi connectivity index (χ2v) is 29.0. The molecule has 7 aliphatic rings. The molecule has 2 atom stereocenters. The summed E-state index contributed by atoms with van der Waals surface area (Å²) in [5.41, 5.74) is 30.3. The molecule has 6 bridgehead atoms. The Kier molecular flexibility index (Phi) is 10.1. The molecule has 4 heteroatoms. The maximum atomic E-state index is 2.95. The van der Waals surface area contributed by atoms with Crippen molar-refractivity contribution in [3.05, 3.63) is 196 Å². The molecular formula is C74H78BN3. The minimum absolute atomic E-state index is 0.0174. The molecule has 392 valence electrons. The van der Waals surface area contributed by atoms with E-state index in [4.69, 9.17) is 0 Å². The Bertz CT molecular complexity index is 3780. The molecule has 8 aromatic rings. The van der Waals surface area contributed by atoms with E-state index in [1.54, 1.807) is 5.56 Å². The van der Waals surface area contributed by atoms with Crippen LogP contribution in [0.1, 0.15) is 174 Å². The van der Waals surface area contributed by atoms with Crippen LogP contribution in [0.15, 0.2) is 152 Å². The van der Waals surface area contributed by atoms with Crippen molar-refractivity contribution >= 4 is 68.6 Å². The highest BCUT2D eigenvalue weighted by molar-refractivity contribution is 7.01. The lowest BCUT2D eigenvalue weighted by Crippen LogP contribution is -2.65. The first-order chi connectivity index (χ1) is 36.8. The number of fused-ring (bicyclic) bond motifs is 5. The molecule has 15 rings (SSSR count). The summed E-state index contributed by atoms with van der Waals surface area (Å²) in [5.74, 6) is 0. The highest BCUT2D eigenvalue weighted by Crippen LogP contribution is 2.64. The zero-order valence-corrected chi connectivity index (χ0v) is 49.2. The fourth-order valence-corrected chi connectivity index (χ4v) is 15.7. The van der Waals surface area contributed by atoms with Crippen molar-refractivity contribution in [3.8, 4) is 22.3 Å². The molecule has 0 saturated heterocycles. The summed E-state index contributed by atoms with van der Waals surface area (Å²) in [7, 11) is 0. The quantitative estimate of drug-likeness (QED) is 0.159. The van der Waals surface area contributed by atoms with E-state index in [1.165, 1.54) is 131 Å². The number of hydrogen-bond donors (Lipinski definition) is 0. The molecule has 1 saturated carbocycles. The molecule has 2 aliphatic carbocycles. The van der Waals surface area contributed by atoms with Crippen LogP contribution in [-0.4, -0.2) is 12.3 Å². The summed E-state index contributed by atoms with van der Waals surface area (Å²) in [6.45, 7) is 36.2. The van der Waals surface area contributed by atoms with Gasteiger partial charge in [0.15, 0.2) is 0 Å². The van der Waals surface area contributed by atoms with Crippen LogP contribution < -0.4 is 31.1 Å². The van der Waals surface area contributed by atoms with E-state index < -0.39 is 0 Å². The van der Waals surface area contributed by atoms with Gasteiger partial charge in [-0.05, 0) is 168 Å². The van der Waals surface area contributed by atoms with E-state index in [-0.39, 0.29) is 44.7 Å². The third-order valence-electron chi connectivity index (χ3n) is 20.7. The van der Waals surface area contributed by atoms with Gasteiger partial charge in [-0.15, -0.1) is 0 Å². The van der Waals surface area contributed by atoms with Gasteiger partial charge in [-0.2, -0.15) is 0 Å². The Morgan fingerprint density at radius 1 is 0.449 bits per heavy atom. The van der Waals surface area contributed by atoms with Crippen molar-refractivity contribution in [1.82, 2.24) is 0 Å². The Hall–Kier alpha value is -6.78. The molecule has 8 aromatic carbocycles. The summed E-state index contributed by atoms with van der Waals surface area (Å²) in [6.07, 6.45) is 4.76. The Morgan fingerprint density at radius 2 is 1.04 bits per heavy atom. The zero-order chi connectivity index (χ0) is 54.6. The lowest BCUT2D eigenvalue weighted by Gasteiger charge is -2.53. The van der Waals surface area contributed by atoms with Gasteiger partial charge in [0.1, 0.15) is 0 Å². The first-order valence-electron chi connectivity index (χ1n) is 29.3. The molecule has 5 heterocycles. The fraction of sp³-hybridized carbons (Fsp3) is 0.351. The molecule has 2 unspecified atom stereocenters. The minimum atomic E-state index is -0.232. The van der Waals surface area contributed by atoms with Crippen molar-refractivity contribution in [1.29, 1.82) is 0 Å². The van der Waals surface area contributed by atoms with Gasteiger partial charge in [0, 0.05) is 55.9 Å². The molecule has 78 heavy (non-hydrogen) atoms. The van der Waals surface area contributed by atoms with Crippen LogP contribution in [0.4, 0.5) is 45.5 Å². The lowest BCUT2D eigenvalue weighted by molar-refractivity contribution is 0.195. The van der Waals surface area contributed by atoms with E-state index in [9.17, 15) is 0 Å². The summed E-state index contributed by atoms with van der Waals surface area (Å²) in [6, 6.07) is 60.9. The van der Waals surface area contributed by atoms with Gasteiger partial charge in [0.05, 0.1) is 16.9 Å². The summed E-state index contributed by atoms with van der Waals surface area (Å²) < 4.78 is 0. The van der Waals surface area contributed by atoms with Gasteiger partial charge in [-0.25, -0.2) is 0 Å². The highest BCUT2D eigenvalue weighted by atomic mass is 15.3. The molecule has 3 nitrogen and oxygen atoms in total. The monoisotopic (exact) mass is 1020 g/mol. The number of benzene rings is 8. The molecule has 0 aromatic heterocycles. The first-order valence-corrected chi connectivity index (χ1v) is 29.3. The lowest BCUT2D eigenvalue weighted by atomic mass is 9.32. The van der Waals surface area contributed by atoms with Gasteiger partial charge in [-0.3, -0.25) is 0 Å². The first kappa shape index (κ1) is 49.5. The normalized spacial score (nSPS) is 20.5. The van der Waals surface area contributed by atoms with E-state index in [0.717, 1.165) is 17.8 Å². The summed E-state index contributed by atoms with van der Waals surface area (Å²) >= 11 is 0. The van der Waals surface area contributed by atoms with Gasteiger partial charge in [0.25, 0.3) is 6.71 Å². The van der Waals surface area contributed by atoms with Crippen LogP contribution in [0.3, 0.4) is 0 Å². The molecule has 5 aliphatic heterocycles. The highest BCUT2D eigenvalue weighted by Gasteiger charge is 2.62. The van der Waals surface area contributed by atoms with E-state index in [1.807, 2.05) is 0 Å². The number of hydrogen-bond acceptors (Lipinski definition) is 3. The van der Waals surface area contributed by atoms with Crippen molar-refractivity contribution < 1.29 is 0 Å². The third-order valence-corrected chi connectivity index (χ3v) is 20.7. The van der Waals surface area contributed by atoms with E-state index in [2.05, 4.69) is 270 Å². The Labute approximate surface area is 466 Å². The standard InChI is InChI=1S/C74H78BN3/c1-68(2,3)46-23-29-51(30-24-46)76(52-31-25-47(26-32-52)69(4,5)6)53-43-62-65-63(44-53)78-67-58(73(14)37-19-20-38-74(73,78)15)41-50-42-59(67)75(65)66-61(36-34-56-64(66)54-33-27-49(71(50,10)11)40-57(54)72(56,12)13)77(62)60-35-28-48(70(7,8)9)39-55(60)45-21-17-16-18-22-45/h16-18,21-36,39-44H,19-20,37-38H2,1-15H3. The SMILES string of the molecule is CC(C)(C)c1ccc(N(c2ccc(C(C)(C)C)cc2)c2cc3c4c(c2)N2c5c6cc(cc5C5(C)CCCCC25C)C(C)(C)c2ccc5c(c2)C(C)(C)c2ccc(c(c2-5)B64)N3c2ccc(C(C)(C)C)cc2-c2ccccc2)cc1. The Balaban J connectivity index is 1.17. The predicted octanol–water partition coefficient (Wildman–Crippen LogP) is 18.0. The van der Waals surface area contributed by atoms with E-state index >= 15 is 0 Å². The van der Waals surface area contributed by atoms with Gasteiger partial charge in [0.2, 0.25) is 0 Å². The number of rotatable bonds is 5. The van der Waals surface area contributed by atoms with Crippen molar-refractivity contribution in [3.63, 3.8) is 0 Å². The minimum Gasteiger partial charge on any atom is -0.335 e. The summed E-state index contributed by atoms with van der Waals surface area (Å²) in [5, 5.41) is 0. The molecule has 0 radical (unpaired) electrons. The second-order valence-electron chi connectivity index (χ2n) is 29.0. The molecule has 1 fully saturated rings. The smallest absolute Gasteiger partial charge is 0.252 e. The van der Waals surface area contributed by atoms with Crippen LogP contribution in [0.2, 0.25) is 0 Å². The van der Waals surface area contributed by atoms with Crippen molar-refractivity contribution in [2.45, 2.75) is 168 Å². The van der Waals surface area contributed by atoms with Crippen LogP contribution in [0.5, 0.6) is 0 Å². The number of nitrogens with zero attached hydrogens (tertiary/aromatic N) is 3. The van der Waals surface area contributed by atoms with E-state index in [0.29, 0.717) is 0 Å². The van der Waals surface area contributed by atoms with Crippen LogP contribution >= 0.6 is 0 Å². The maximum Gasteiger partial charge on any atom is 0.252 e. The maximum absolute atomic E-state index is 2.95. The van der Waals surface area contributed by atoms with Crippen LogP contribution in [-0.2, 0) is 32.5 Å². The van der Waals surface area contributed by atoms with Crippen LogP contribution in [0, 0.1) is 0 Å². The molecule has 0 N–H and O–H groups in total. The fourth-order valence-electron chi connectivity index (χ4n) is 15.7. The van der Waals surface area contributed by atoms with Gasteiger partial charge < -0.3 is 14.7 Å². The molecular weight excluding hydrogens is 942 g/mol. The van der Waals surface area contributed by atoms with Crippen molar-refractivity contribution in [2.75, 3.05) is 14.7 Å². The molecule has 0 spiro atoms.